The fraction of sp³-hybridized carbons (Fsp3) is 1.00. The number of hydrogen-bond acceptors (Lipinski definition) is 5. The van der Waals surface area contributed by atoms with Crippen molar-refractivity contribution >= 4 is 0 Å². The summed E-state index contributed by atoms with van der Waals surface area (Å²) in [6, 6.07) is 0.974. The molecule has 5 heteroatoms. The summed E-state index contributed by atoms with van der Waals surface area (Å²) >= 11 is 0. The highest BCUT2D eigenvalue weighted by molar-refractivity contribution is 4.72. The second kappa shape index (κ2) is 8.17. The number of rotatable bonds is 6. The van der Waals surface area contributed by atoms with E-state index < -0.39 is 0 Å². The highest BCUT2D eigenvalue weighted by atomic mass is 16.5. The lowest BCUT2D eigenvalue weighted by molar-refractivity contribution is -0.0285. The average molecular weight is 272 g/mol. The van der Waals surface area contributed by atoms with E-state index in [1.807, 2.05) is 0 Å². The molecule has 2 aliphatic heterocycles. The molecule has 0 amide bonds. The molecule has 2 atom stereocenters. The van der Waals surface area contributed by atoms with Crippen LogP contribution in [0, 0.1) is 0 Å². The molecule has 2 unspecified atom stereocenters. The standard InChI is InChI=1S/C14H28N2O3/c1-13(15-3-7-17-8-4-15)11-19-12-14(2)16-5-9-18-10-6-16/h13-14H,3-12H2,1-2H3. The first-order valence-electron chi connectivity index (χ1n) is 7.48. The maximum atomic E-state index is 5.90. The van der Waals surface area contributed by atoms with Crippen molar-refractivity contribution in [2.45, 2.75) is 25.9 Å². The molecule has 0 N–H and O–H groups in total. The van der Waals surface area contributed by atoms with Crippen molar-refractivity contribution in [1.29, 1.82) is 0 Å². The van der Waals surface area contributed by atoms with Gasteiger partial charge in [-0.05, 0) is 13.8 Å². The second-order valence-electron chi connectivity index (χ2n) is 5.53. The largest absolute Gasteiger partial charge is 0.379 e. The molecule has 112 valence electrons. The van der Waals surface area contributed by atoms with Gasteiger partial charge in [0.25, 0.3) is 0 Å². The summed E-state index contributed by atoms with van der Waals surface area (Å²) in [6.45, 7) is 13.7. The van der Waals surface area contributed by atoms with Crippen LogP contribution in [-0.4, -0.2) is 87.7 Å². The van der Waals surface area contributed by atoms with Crippen LogP contribution >= 0.6 is 0 Å². The predicted octanol–water partition coefficient (Wildman–Crippen LogP) is 0.444. The Hall–Kier alpha value is -0.200. The maximum Gasteiger partial charge on any atom is 0.0619 e. The van der Waals surface area contributed by atoms with Crippen molar-refractivity contribution in [2.75, 3.05) is 65.8 Å². The highest BCUT2D eigenvalue weighted by Gasteiger charge is 2.19. The van der Waals surface area contributed by atoms with Gasteiger partial charge in [0, 0.05) is 38.3 Å². The lowest BCUT2D eigenvalue weighted by Crippen LogP contribution is -2.46. The first kappa shape index (κ1) is 15.2. The molecule has 0 saturated carbocycles. The zero-order valence-corrected chi connectivity index (χ0v) is 12.3. The molecule has 0 bridgehead atoms. The minimum absolute atomic E-state index is 0.487. The number of morpholine rings is 2. The normalized spacial score (nSPS) is 26.2. The molecule has 0 aliphatic carbocycles. The zero-order valence-electron chi connectivity index (χ0n) is 12.3. The smallest absolute Gasteiger partial charge is 0.0619 e. The van der Waals surface area contributed by atoms with Gasteiger partial charge in [-0.2, -0.15) is 0 Å². The molecule has 0 aromatic carbocycles. The minimum Gasteiger partial charge on any atom is -0.379 e. The topological polar surface area (TPSA) is 34.2 Å². The summed E-state index contributed by atoms with van der Waals surface area (Å²) < 4.78 is 16.6. The van der Waals surface area contributed by atoms with Gasteiger partial charge in [0.05, 0.1) is 39.6 Å². The van der Waals surface area contributed by atoms with Crippen molar-refractivity contribution in [3.63, 3.8) is 0 Å². The molecule has 0 aromatic rings. The van der Waals surface area contributed by atoms with Crippen LogP contribution in [0.5, 0.6) is 0 Å². The molecule has 19 heavy (non-hydrogen) atoms. The summed E-state index contributed by atoms with van der Waals surface area (Å²) in [4.78, 5) is 4.89. The van der Waals surface area contributed by atoms with Crippen LogP contribution in [0.1, 0.15) is 13.8 Å². The highest BCUT2D eigenvalue weighted by Crippen LogP contribution is 2.07. The van der Waals surface area contributed by atoms with Crippen molar-refractivity contribution < 1.29 is 14.2 Å². The Morgan fingerprint density at radius 1 is 0.789 bits per heavy atom. The predicted molar refractivity (Wildman–Crippen MR) is 74.5 cm³/mol. The first-order chi connectivity index (χ1) is 9.27. The van der Waals surface area contributed by atoms with Crippen LogP contribution < -0.4 is 0 Å². The summed E-state index contributed by atoms with van der Waals surface area (Å²) in [6.07, 6.45) is 0. The molecule has 0 spiro atoms. The Labute approximate surface area is 116 Å². The van der Waals surface area contributed by atoms with Gasteiger partial charge in [0.2, 0.25) is 0 Å². The van der Waals surface area contributed by atoms with E-state index in [-0.39, 0.29) is 0 Å². The van der Waals surface area contributed by atoms with Crippen molar-refractivity contribution in [3.8, 4) is 0 Å². The van der Waals surface area contributed by atoms with Gasteiger partial charge in [0.15, 0.2) is 0 Å². The van der Waals surface area contributed by atoms with Crippen LogP contribution in [0.2, 0.25) is 0 Å². The molecular formula is C14H28N2O3. The Balaban J connectivity index is 1.59. The Morgan fingerprint density at radius 2 is 1.16 bits per heavy atom. The van der Waals surface area contributed by atoms with E-state index in [4.69, 9.17) is 14.2 Å². The van der Waals surface area contributed by atoms with E-state index in [1.165, 1.54) is 0 Å². The van der Waals surface area contributed by atoms with Gasteiger partial charge in [0.1, 0.15) is 0 Å². The molecule has 0 aromatic heterocycles. The lowest BCUT2D eigenvalue weighted by atomic mass is 10.2. The van der Waals surface area contributed by atoms with Crippen LogP contribution in [0.3, 0.4) is 0 Å². The summed E-state index contributed by atoms with van der Waals surface area (Å²) in [5.41, 5.74) is 0. The third kappa shape index (κ3) is 5.00. The fourth-order valence-electron chi connectivity index (χ4n) is 2.66. The average Bonchev–Trinajstić information content (AvgIpc) is 2.49. The second-order valence-corrected chi connectivity index (χ2v) is 5.53. The third-order valence-corrected chi connectivity index (χ3v) is 4.06. The van der Waals surface area contributed by atoms with Crippen LogP contribution in [0.25, 0.3) is 0 Å². The first-order valence-corrected chi connectivity index (χ1v) is 7.48. The van der Waals surface area contributed by atoms with Gasteiger partial charge in [-0.1, -0.05) is 0 Å². The number of hydrogen-bond donors (Lipinski definition) is 0. The molecular weight excluding hydrogens is 244 g/mol. The van der Waals surface area contributed by atoms with E-state index in [9.17, 15) is 0 Å². The molecule has 2 saturated heterocycles. The number of nitrogens with zero attached hydrogens (tertiary/aromatic N) is 2. The molecule has 2 rings (SSSR count). The molecule has 2 heterocycles. The molecule has 2 aliphatic rings. The quantitative estimate of drug-likeness (QED) is 0.701. The van der Waals surface area contributed by atoms with Crippen molar-refractivity contribution in [2.24, 2.45) is 0 Å². The van der Waals surface area contributed by atoms with Gasteiger partial charge >= 0.3 is 0 Å². The van der Waals surface area contributed by atoms with E-state index >= 15 is 0 Å². The van der Waals surface area contributed by atoms with Crippen LogP contribution in [-0.2, 0) is 14.2 Å². The monoisotopic (exact) mass is 272 g/mol. The summed E-state index contributed by atoms with van der Waals surface area (Å²) in [5, 5.41) is 0. The lowest BCUT2D eigenvalue weighted by Gasteiger charge is -2.34. The van der Waals surface area contributed by atoms with Crippen LogP contribution in [0.15, 0.2) is 0 Å². The van der Waals surface area contributed by atoms with E-state index in [0.29, 0.717) is 12.1 Å². The Kier molecular flexibility index (Phi) is 6.53. The van der Waals surface area contributed by atoms with Crippen molar-refractivity contribution in [1.82, 2.24) is 9.80 Å². The van der Waals surface area contributed by atoms with Crippen molar-refractivity contribution in [3.05, 3.63) is 0 Å². The summed E-state index contributed by atoms with van der Waals surface area (Å²) in [7, 11) is 0. The Bertz CT molecular complexity index is 217. The zero-order chi connectivity index (χ0) is 13.5. The molecule has 5 nitrogen and oxygen atoms in total. The van der Waals surface area contributed by atoms with E-state index in [2.05, 4.69) is 23.6 Å². The SMILES string of the molecule is CC(COCC(C)N1CCOCC1)N1CCOCC1. The van der Waals surface area contributed by atoms with Gasteiger partial charge in [-0.15, -0.1) is 0 Å². The van der Waals surface area contributed by atoms with E-state index in [1.54, 1.807) is 0 Å². The third-order valence-electron chi connectivity index (χ3n) is 4.06. The molecule has 0 radical (unpaired) electrons. The summed E-state index contributed by atoms with van der Waals surface area (Å²) in [5.74, 6) is 0. The van der Waals surface area contributed by atoms with Gasteiger partial charge < -0.3 is 14.2 Å². The van der Waals surface area contributed by atoms with Gasteiger partial charge in [-0.25, -0.2) is 0 Å². The van der Waals surface area contributed by atoms with Crippen LogP contribution in [0.4, 0.5) is 0 Å². The minimum atomic E-state index is 0.487. The van der Waals surface area contributed by atoms with E-state index in [0.717, 1.165) is 65.8 Å². The maximum absolute atomic E-state index is 5.90. The Morgan fingerprint density at radius 3 is 1.53 bits per heavy atom. The number of ether oxygens (including phenoxy) is 3. The van der Waals surface area contributed by atoms with Gasteiger partial charge in [-0.3, -0.25) is 9.80 Å². The molecule has 2 fully saturated rings. The fourth-order valence-corrected chi connectivity index (χ4v) is 2.66.